The molecular weight excluding hydrogens is 240 g/mol. The summed E-state index contributed by atoms with van der Waals surface area (Å²) in [5.74, 6) is 0.382. The topological polar surface area (TPSA) is 91.0 Å². The van der Waals surface area contributed by atoms with Crippen LogP contribution in [0, 0.1) is 6.92 Å². The summed E-state index contributed by atoms with van der Waals surface area (Å²) in [5.41, 5.74) is 15.9. The second kappa shape index (κ2) is 4.28. The highest BCUT2D eigenvalue weighted by Crippen LogP contribution is 2.26. The van der Waals surface area contributed by atoms with Crippen LogP contribution in [0.3, 0.4) is 0 Å². The van der Waals surface area contributed by atoms with Gasteiger partial charge in [-0.25, -0.2) is 4.98 Å². The molecule has 5 nitrogen and oxygen atoms in total. The Labute approximate surface area is 110 Å². The standard InChI is InChI=1S/C14H14N4O/c1-8-6-10(7-9-2-4-11(15)5-3-9)12-13(16)18-19-14(12)17-8/h2-6H,7,15H2,1H3,(H2,16,18). The Hall–Kier alpha value is -2.56. The van der Waals surface area contributed by atoms with Crippen molar-refractivity contribution in [2.45, 2.75) is 13.3 Å². The second-order valence-electron chi connectivity index (χ2n) is 4.59. The third kappa shape index (κ3) is 2.10. The van der Waals surface area contributed by atoms with Crippen LogP contribution in [0.4, 0.5) is 11.5 Å². The molecule has 3 rings (SSSR count). The highest BCUT2D eigenvalue weighted by molar-refractivity contribution is 5.88. The fraction of sp³-hybridized carbons (Fsp3) is 0.143. The third-order valence-electron chi connectivity index (χ3n) is 3.06. The maximum absolute atomic E-state index is 5.84. The van der Waals surface area contributed by atoms with Gasteiger partial charge < -0.3 is 16.0 Å². The first-order valence-corrected chi connectivity index (χ1v) is 5.99. The number of benzene rings is 1. The minimum absolute atomic E-state index is 0.382. The molecule has 4 N–H and O–H groups in total. The number of aromatic nitrogens is 2. The van der Waals surface area contributed by atoms with Gasteiger partial charge in [0.2, 0.25) is 0 Å². The Bertz CT molecular complexity index is 731. The van der Waals surface area contributed by atoms with E-state index >= 15 is 0 Å². The number of hydrogen-bond donors (Lipinski definition) is 2. The second-order valence-corrected chi connectivity index (χ2v) is 4.59. The van der Waals surface area contributed by atoms with E-state index in [1.807, 2.05) is 37.3 Å². The molecule has 0 unspecified atom stereocenters. The van der Waals surface area contributed by atoms with E-state index in [4.69, 9.17) is 16.0 Å². The van der Waals surface area contributed by atoms with E-state index in [2.05, 4.69) is 10.1 Å². The fourth-order valence-corrected chi connectivity index (χ4v) is 2.18. The summed E-state index contributed by atoms with van der Waals surface area (Å²) < 4.78 is 5.12. The average molecular weight is 254 g/mol. The van der Waals surface area contributed by atoms with Gasteiger partial charge in [-0.05, 0) is 42.7 Å². The van der Waals surface area contributed by atoms with Gasteiger partial charge in [-0.15, -0.1) is 0 Å². The van der Waals surface area contributed by atoms with E-state index in [-0.39, 0.29) is 0 Å². The molecule has 0 bridgehead atoms. The van der Waals surface area contributed by atoms with Crippen LogP contribution in [0.15, 0.2) is 34.9 Å². The van der Waals surface area contributed by atoms with Gasteiger partial charge in [0.1, 0.15) is 0 Å². The molecule has 1 aromatic carbocycles. The van der Waals surface area contributed by atoms with Crippen molar-refractivity contribution in [3.63, 3.8) is 0 Å². The van der Waals surface area contributed by atoms with Crippen LogP contribution >= 0.6 is 0 Å². The number of rotatable bonds is 2. The lowest BCUT2D eigenvalue weighted by Crippen LogP contribution is -1.95. The van der Waals surface area contributed by atoms with Crippen molar-refractivity contribution in [2.75, 3.05) is 11.5 Å². The quantitative estimate of drug-likeness (QED) is 0.684. The van der Waals surface area contributed by atoms with Crippen LogP contribution in [0.2, 0.25) is 0 Å². The van der Waals surface area contributed by atoms with Gasteiger partial charge in [0.05, 0.1) is 5.39 Å². The molecule has 19 heavy (non-hydrogen) atoms. The van der Waals surface area contributed by atoms with E-state index in [0.717, 1.165) is 34.3 Å². The molecule has 2 heterocycles. The largest absolute Gasteiger partial charge is 0.399 e. The van der Waals surface area contributed by atoms with Crippen molar-refractivity contribution in [3.05, 3.63) is 47.2 Å². The third-order valence-corrected chi connectivity index (χ3v) is 3.06. The zero-order valence-electron chi connectivity index (χ0n) is 10.6. The molecule has 0 aliphatic heterocycles. The molecule has 0 amide bonds. The number of pyridine rings is 1. The molecule has 5 heteroatoms. The van der Waals surface area contributed by atoms with Crippen LogP contribution in [-0.2, 0) is 6.42 Å². The normalized spacial score (nSPS) is 11.0. The zero-order valence-corrected chi connectivity index (χ0v) is 10.6. The molecule has 96 valence electrons. The SMILES string of the molecule is Cc1cc(Cc2ccc(N)cc2)c2c(N)noc2n1. The van der Waals surface area contributed by atoms with Crippen LogP contribution < -0.4 is 11.5 Å². The molecule has 0 aliphatic carbocycles. The fourth-order valence-electron chi connectivity index (χ4n) is 2.18. The lowest BCUT2D eigenvalue weighted by molar-refractivity contribution is 0.452. The van der Waals surface area contributed by atoms with Crippen LogP contribution in [0.25, 0.3) is 11.1 Å². The minimum atomic E-state index is 0.382. The molecule has 0 fully saturated rings. The molecule has 3 aromatic rings. The number of nitrogens with zero attached hydrogens (tertiary/aromatic N) is 2. The molecule has 0 saturated carbocycles. The Kier molecular flexibility index (Phi) is 2.59. The molecule has 2 aromatic heterocycles. The van der Waals surface area contributed by atoms with E-state index in [9.17, 15) is 0 Å². The van der Waals surface area contributed by atoms with E-state index in [0.29, 0.717) is 11.5 Å². The van der Waals surface area contributed by atoms with Gasteiger partial charge >= 0.3 is 0 Å². The number of fused-ring (bicyclic) bond motifs is 1. The predicted molar refractivity (Wildman–Crippen MR) is 74.6 cm³/mol. The summed E-state index contributed by atoms with van der Waals surface area (Å²) >= 11 is 0. The van der Waals surface area contributed by atoms with Crippen LogP contribution in [0.1, 0.15) is 16.8 Å². The maximum Gasteiger partial charge on any atom is 0.260 e. The Morgan fingerprint density at radius 3 is 2.63 bits per heavy atom. The Balaban J connectivity index is 2.09. The smallest absolute Gasteiger partial charge is 0.260 e. The molecule has 0 aliphatic rings. The van der Waals surface area contributed by atoms with Crippen LogP contribution in [-0.4, -0.2) is 10.1 Å². The summed E-state index contributed by atoms with van der Waals surface area (Å²) in [4.78, 5) is 4.28. The van der Waals surface area contributed by atoms with Gasteiger partial charge in [0.25, 0.3) is 5.71 Å². The average Bonchev–Trinajstić information content (AvgIpc) is 2.74. The van der Waals surface area contributed by atoms with Gasteiger partial charge in [-0.2, -0.15) is 0 Å². The lowest BCUT2D eigenvalue weighted by atomic mass is 10.0. The maximum atomic E-state index is 5.84. The Morgan fingerprint density at radius 2 is 1.89 bits per heavy atom. The van der Waals surface area contributed by atoms with Crippen LogP contribution in [0.5, 0.6) is 0 Å². The highest BCUT2D eigenvalue weighted by atomic mass is 16.5. The van der Waals surface area contributed by atoms with Crippen molar-refractivity contribution in [2.24, 2.45) is 0 Å². The summed E-state index contributed by atoms with van der Waals surface area (Å²) in [7, 11) is 0. The number of anilines is 2. The number of nitrogens with two attached hydrogens (primary N) is 2. The number of aryl methyl sites for hydroxylation is 1. The van der Waals surface area contributed by atoms with E-state index in [1.165, 1.54) is 0 Å². The molecule has 0 radical (unpaired) electrons. The van der Waals surface area contributed by atoms with Crippen molar-refractivity contribution >= 4 is 22.6 Å². The zero-order chi connectivity index (χ0) is 13.4. The summed E-state index contributed by atoms with van der Waals surface area (Å²) in [6.07, 6.45) is 0.742. The summed E-state index contributed by atoms with van der Waals surface area (Å²) in [5, 5.41) is 4.57. The monoisotopic (exact) mass is 254 g/mol. The lowest BCUT2D eigenvalue weighted by Gasteiger charge is -2.05. The van der Waals surface area contributed by atoms with Gasteiger partial charge in [-0.3, -0.25) is 0 Å². The highest BCUT2D eigenvalue weighted by Gasteiger charge is 2.13. The van der Waals surface area contributed by atoms with Crippen molar-refractivity contribution in [1.82, 2.24) is 10.1 Å². The minimum Gasteiger partial charge on any atom is -0.399 e. The van der Waals surface area contributed by atoms with E-state index in [1.54, 1.807) is 0 Å². The molecular formula is C14H14N4O. The number of nitrogen functional groups attached to an aromatic ring is 2. The van der Waals surface area contributed by atoms with Crippen molar-refractivity contribution in [3.8, 4) is 0 Å². The Morgan fingerprint density at radius 1 is 1.16 bits per heavy atom. The van der Waals surface area contributed by atoms with Gasteiger partial charge in [-0.1, -0.05) is 17.3 Å². The van der Waals surface area contributed by atoms with Gasteiger partial charge in [0.15, 0.2) is 5.82 Å². The molecule has 0 saturated heterocycles. The first-order chi connectivity index (χ1) is 9.13. The number of hydrogen-bond acceptors (Lipinski definition) is 5. The molecule has 0 atom stereocenters. The summed E-state index contributed by atoms with van der Waals surface area (Å²) in [6, 6.07) is 9.78. The first kappa shape index (κ1) is 11.5. The van der Waals surface area contributed by atoms with Crippen molar-refractivity contribution < 1.29 is 4.52 Å². The van der Waals surface area contributed by atoms with E-state index < -0.39 is 0 Å². The first-order valence-electron chi connectivity index (χ1n) is 5.99. The van der Waals surface area contributed by atoms with Gasteiger partial charge in [0, 0.05) is 11.4 Å². The predicted octanol–water partition coefficient (Wildman–Crippen LogP) is 2.29. The molecule has 0 spiro atoms. The summed E-state index contributed by atoms with van der Waals surface area (Å²) in [6.45, 7) is 1.92. The van der Waals surface area contributed by atoms with Crippen molar-refractivity contribution in [1.29, 1.82) is 0 Å².